The summed E-state index contributed by atoms with van der Waals surface area (Å²) in [7, 11) is 0. The molecule has 1 aromatic carbocycles. The standard InChI is InChI=1S/C18H15ClN4O/c1-13-4-5-15(11-17(13)19)23-10-2-3-16(23)12-21-22-18(24)14-6-8-20-9-7-14/h2-12H,1H3,(H,22,24)/b21-12-. The van der Waals surface area contributed by atoms with Gasteiger partial charge in [0.1, 0.15) is 0 Å². The monoisotopic (exact) mass is 338 g/mol. The van der Waals surface area contributed by atoms with Crippen molar-refractivity contribution in [2.75, 3.05) is 0 Å². The molecule has 5 nitrogen and oxygen atoms in total. The lowest BCUT2D eigenvalue weighted by atomic mass is 10.2. The number of nitrogens with zero attached hydrogens (tertiary/aromatic N) is 3. The van der Waals surface area contributed by atoms with Gasteiger partial charge in [0, 0.05) is 34.9 Å². The highest BCUT2D eigenvalue weighted by Gasteiger charge is 2.05. The summed E-state index contributed by atoms with van der Waals surface area (Å²) in [6.45, 7) is 1.96. The van der Waals surface area contributed by atoms with Crippen LogP contribution in [-0.4, -0.2) is 21.7 Å². The summed E-state index contributed by atoms with van der Waals surface area (Å²) in [6, 6.07) is 12.9. The van der Waals surface area contributed by atoms with Crippen LogP contribution in [-0.2, 0) is 0 Å². The van der Waals surface area contributed by atoms with E-state index < -0.39 is 0 Å². The van der Waals surface area contributed by atoms with Gasteiger partial charge in [-0.25, -0.2) is 5.43 Å². The lowest BCUT2D eigenvalue weighted by Gasteiger charge is -2.08. The zero-order valence-electron chi connectivity index (χ0n) is 13.0. The molecule has 0 saturated heterocycles. The van der Waals surface area contributed by atoms with E-state index in [4.69, 9.17) is 11.6 Å². The van der Waals surface area contributed by atoms with E-state index >= 15 is 0 Å². The van der Waals surface area contributed by atoms with Crippen molar-refractivity contribution in [1.29, 1.82) is 0 Å². The number of amides is 1. The van der Waals surface area contributed by atoms with Crippen LogP contribution in [0.3, 0.4) is 0 Å². The Morgan fingerprint density at radius 2 is 2.04 bits per heavy atom. The lowest BCUT2D eigenvalue weighted by Crippen LogP contribution is -2.17. The number of benzene rings is 1. The number of hydrogen-bond acceptors (Lipinski definition) is 3. The second-order valence-electron chi connectivity index (χ2n) is 5.17. The third-order valence-electron chi connectivity index (χ3n) is 3.52. The molecule has 2 heterocycles. The van der Waals surface area contributed by atoms with Gasteiger partial charge >= 0.3 is 0 Å². The third kappa shape index (κ3) is 3.52. The van der Waals surface area contributed by atoms with Crippen LogP contribution in [0.2, 0.25) is 5.02 Å². The van der Waals surface area contributed by atoms with Gasteiger partial charge in [0.05, 0.1) is 11.9 Å². The normalized spacial score (nSPS) is 10.9. The Kier molecular flexibility index (Phi) is 4.72. The number of aryl methyl sites for hydroxylation is 1. The molecule has 0 unspecified atom stereocenters. The first-order valence-corrected chi connectivity index (χ1v) is 7.70. The molecule has 0 fully saturated rings. The summed E-state index contributed by atoms with van der Waals surface area (Å²) in [5.74, 6) is -0.287. The fraction of sp³-hybridized carbons (Fsp3) is 0.0556. The predicted octanol–water partition coefficient (Wildman–Crippen LogP) is 3.60. The first kappa shape index (κ1) is 16.0. The molecule has 3 rings (SSSR count). The van der Waals surface area contributed by atoms with Crippen molar-refractivity contribution in [2.24, 2.45) is 5.10 Å². The third-order valence-corrected chi connectivity index (χ3v) is 3.93. The molecule has 24 heavy (non-hydrogen) atoms. The number of rotatable bonds is 4. The van der Waals surface area contributed by atoms with Gasteiger partial charge in [0.25, 0.3) is 5.91 Å². The average molecular weight is 339 g/mol. The van der Waals surface area contributed by atoms with Crippen molar-refractivity contribution in [3.63, 3.8) is 0 Å². The highest BCUT2D eigenvalue weighted by atomic mass is 35.5. The zero-order valence-corrected chi connectivity index (χ0v) is 13.7. The fourth-order valence-corrected chi connectivity index (χ4v) is 2.37. The molecule has 3 aromatic rings. The van der Waals surface area contributed by atoms with Crippen LogP contribution < -0.4 is 5.43 Å². The molecule has 0 radical (unpaired) electrons. The summed E-state index contributed by atoms with van der Waals surface area (Å²) in [6.07, 6.45) is 6.62. The highest BCUT2D eigenvalue weighted by Crippen LogP contribution is 2.20. The largest absolute Gasteiger partial charge is 0.316 e. The maximum atomic E-state index is 11.9. The van der Waals surface area contributed by atoms with Crippen LogP contribution in [0.1, 0.15) is 21.6 Å². The summed E-state index contributed by atoms with van der Waals surface area (Å²) in [5.41, 5.74) is 5.78. The minimum absolute atomic E-state index is 0.287. The highest BCUT2D eigenvalue weighted by molar-refractivity contribution is 6.31. The second kappa shape index (κ2) is 7.10. The molecule has 0 bridgehead atoms. The lowest BCUT2D eigenvalue weighted by molar-refractivity contribution is 0.0955. The van der Waals surface area contributed by atoms with E-state index in [1.807, 2.05) is 48.0 Å². The van der Waals surface area contributed by atoms with Crippen molar-refractivity contribution in [2.45, 2.75) is 6.92 Å². The Hall–Kier alpha value is -2.92. The maximum Gasteiger partial charge on any atom is 0.271 e. The molecule has 0 saturated carbocycles. The summed E-state index contributed by atoms with van der Waals surface area (Å²) in [4.78, 5) is 15.8. The van der Waals surface area contributed by atoms with Crippen molar-refractivity contribution in [3.8, 4) is 5.69 Å². The van der Waals surface area contributed by atoms with E-state index in [1.54, 1.807) is 30.7 Å². The van der Waals surface area contributed by atoms with Gasteiger partial charge in [-0.3, -0.25) is 9.78 Å². The van der Waals surface area contributed by atoms with Crippen molar-refractivity contribution < 1.29 is 4.79 Å². The molecule has 0 atom stereocenters. The molecular formula is C18H15ClN4O. The average Bonchev–Trinajstić information content (AvgIpc) is 3.06. The van der Waals surface area contributed by atoms with Crippen molar-refractivity contribution in [1.82, 2.24) is 15.0 Å². The van der Waals surface area contributed by atoms with Gasteiger partial charge < -0.3 is 4.57 Å². The van der Waals surface area contributed by atoms with Crippen LogP contribution in [0.15, 0.2) is 66.2 Å². The SMILES string of the molecule is Cc1ccc(-n2cccc2/C=N\NC(=O)c2ccncc2)cc1Cl. The molecule has 120 valence electrons. The van der Waals surface area contributed by atoms with Crippen LogP contribution in [0.4, 0.5) is 0 Å². The van der Waals surface area contributed by atoms with E-state index in [0.29, 0.717) is 10.6 Å². The summed E-state index contributed by atoms with van der Waals surface area (Å²) < 4.78 is 1.94. The van der Waals surface area contributed by atoms with Crippen LogP contribution in [0, 0.1) is 6.92 Å². The predicted molar refractivity (Wildman–Crippen MR) is 94.8 cm³/mol. The van der Waals surface area contributed by atoms with E-state index in [9.17, 15) is 4.79 Å². The van der Waals surface area contributed by atoms with Crippen molar-refractivity contribution >= 4 is 23.7 Å². The number of aromatic nitrogens is 2. The second-order valence-corrected chi connectivity index (χ2v) is 5.58. The number of hydrogen-bond donors (Lipinski definition) is 1. The number of carbonyl (C=O) groups excluding carboxylic acids is 1. The molecular weight excluding hydrogens is 324 g/mol. The Labute approximate surface area is 144 Å². The van der Waals surface area contributed by atoms with Gasteiger partial charge in [-0.15, -0.1) is 0 Å². The first-order chi connectivity index (χ1) is 11.6. The Morgan fingerprint density at radius 3 is 2.79 bits per heavy atom. The zero-order chi connectivity index (χ0) is 16.9. The Morgan fingerprint density at radius 1 is 1.25 bits per heavy atom. The van der Waals surface area contributed by atoms with Crippen LogP contribution in [0.25, 0.3) is 5.69 Å². The number of halogens is 1. The van der Waals surface area contributed by atoms with Crippen LogP contribution >= 0.6 is 11.6 Å². The number of carbonyl (C=O) groups is 1. The van der Waals surface area contributed by atoms with E-state index in [2.05, 4.69) is 15.5 Å². The van der Waals surface area contributed by atoms with E-state index in [0.717, 1.165) is 16.9 Å². The van der Waals surface area contributed by atoms with E-state index in [1.165, 1.54) is 0 Å². The van der Waals surface area contributed by atoms with E-state index in [-0.39, 0.29) is 5.91 Å². The summed E-state index contributed by atoms with van der Waals surface area (Å²) in [5, 5.41) is 4.72. The number of hydrazone groups is 1. The van der Waals surface area contributed by atoms with Gasteiger partial charge in [0.2, 0.25) is 0 Å². The Balaban J connectivity index is 1.76. The molecule has 0 spiro atoms. The molecule has 2 aromatic heterocycles. The van der Waals surface area contributed by atoms with Gasteiger partial charge in [0.15, 0.2) is 0 Å². The summed E-state index contributed by atoms with van der Waals surface area (Å²) >= 11 is 6.19. The fourth-order valence-electron chi connectivity index (χ4n) is 2.19. The molecule has 0 aliphatic carbocycles. The van der Waals surface area contributed by atoms with Gasteiger partial charge in [-0.1, -0.05) is 17.7 Å². The van der Waals surface area contributed by atoms with Crippen LogP contribution in [0.5, 0.6) is 0 Å². The van der Waals surface area contributed by atoms with Crippen molar-refractivity contribution in [3.05, 3.63) is 82.9 Å². The maximum absolute atomic E-state index is 11.9. The molecule has 0 aliphatic rings. The van der Waals surface area contributed by atoms with Gasteiger partial charge in [-0.05, 0) is 48.9 Å². The molecule has 1 N–H and O–H groups in total. The topological polar surface area (TPSA) is 59.3 Å². The molecule has 0 aliphatic heterocycles. The quantitative estimate of drug-likeness (QED) is 0.583. The first-order valence-electron chi connectivity index (χ1n) is 7.32. The molecule has 1 amide bonds. The van der Waals surface area contributed by atoms with Gasteiger partial charge in [-0.2, -0.15) is 5.10 Å². The minimum Gasteiger partial charge on any atom is -0.316 e. The smallest absolute Gasteiger partial charge is 0.271 e. The molecule has 6 heteroatoms. The number of nitrogens with one attached hydrogen (secondary N) is 1. The minimum atomic E-state index is -0.287. The number of pyridine rings is 1. The Bertz CT molecular complexity index is 887.